The van der Waals surface area contributed by atoms with Crippen LogP contribution in [0, 0.1) is 0 Å². The van der Waals surface area contributed by atoms with E-state index in [1.165, 1.54) is 0 Å². The van der Waals surface area contributed by atoms with E-state index in [0.29, 0.717) is 18.2 Å². The number of aromatic nitrogens is 3. The molecule has 0 bridgehead atoms. The predicted octanol–water partition coefficient (Wildman–Crippen LogP) is 3.19. The molecule has 0 saturated carbocycles. The minimum Gasteiger partial charge on any atom is -0.471 e. The lowest BCUT2D eigenvalue weighted by Crippen LogP contribution is -2.45. The van der Waals surface area contributed by atoms with Crippen molar-refractivity contribution in [2.75, 3.05) is 37.8 Å². The molecule has 1 atom stereocenters. The van der Waals surface area contributed by atoms with Gasteiger partial charge in [0.15, 0.2) is 5.82 Å². The Morgan fingerprint density at radius 1 is 1.28 bits per heavy atom. The van der Waals surface area contributed by atoms with Gasteiger partial charge < -0.3 is 19.5 Å². The highest BCUT2D eigenvalue weighted by Gasteiger charge is 2.25. The van der Waals surface area contributed by atoms with Crippen LogP contribution in [-0.2, 0) is 4.79 Å². The largest absolute Gasteiger partial charge is 0.471 e. The van der Waals surface area contributed by atoms with Gasteiger partial charge in [-0.05, 0) is 25.0 Å². The summed E-state index contributed by atoms with van der Waals surface area (Å²) in [5.41, 5.74) is 1.09. The maximum Gasteiger partial charge on any atom is 0.233 e. The number of nitrogens with one attached hydrogen (secondary N) is 1. The van der Waals surface area contributed by atoms with Crippen molar-refractivity contribution in [3.63, 3.8) is 0 Å². The lowest BCUT2D eigenvalue weighted by Gasteiger charge is -2.32. The smallest absolute Gasteiger partial charge is 0.233 e. The monoisotopic (exact) mass is 411 g/mol. The van der Waals surface area contributed by atoms with E-state index < -0.39 is 0 Å². The third-order valence-electron chi connectivity index (χ3n) is 5.00. The number of anilines is 1. The summed E-state index contributed by atoms with van der Waals surface area (Å²) in [6, 6.07) is 11.9. The first-order chi connectivity index (χ1) is 14.1. The molecule has 0 radical (unpaired) electrons. The Hall–Kier alpha value is -2.74. The Kier molecular flexibility index (Phi) is 5.89. The third-order valence-corrected chi connectivity index (χ3v) is 6.04. The number of likely N-dealkylation sites (tertiary alicyclic amines) is 1. The SMILES string of the molecule is CN(C)c1ccc(OC2CCCN(C(=O)CSc3c[nH]c4ccccc34)C2)nn1. The van der Waals surface area contributed by atoms with Crippen LogP contribution in [0.3, 0.4) is 0 Å². The molecule has 1 aliphatic rings. The summed E-state index contributed by atoms with van der Waals surface area (Å²) in [6.45, 7) is 1.36. The molecule has 0 aliphatic carbocycles. The van der Waals surface area contributed by atoms with Gasteiger partial charge in [0.05, 0.1) is 12.3 Å². The number of rotatable bonds is 6. The number of carbonyl (C=O) groups is 1. The van der Waals surface area contributed by atoms with Crippen molar-refractivity contribution in [2.24, 2.45) is 0 Å². The van der Waals surface area contributed by atoms with Gasteiger partial charge in [0.2, 0.25) is 11.8 Å². The number of benzene rings is 1. The van der Waals surface area contributed by atoms with Crippen LogP contribution in [0.4, 0.5) is 5.82 Å². The Balaban J connectivity index is 1.32. The summed E-state index contributed by atoms with van der Waals surface area (Å²) < 4.78 is 5.98. The third kappa shape index (κ3) is 4.64. The van der Waals surface area contributed by atoms with Gasteiger partial charge in [0.1, 0.15) is 6.10 Å². The number of ether oxygens (including phenoxy) is 1. The highest BCUT2D eigenvalue weighted by Crippen LogP contribution is 2.28. The zero-order chi connectivity index (χ0) is 20.2. The second-order valence-electron chi connectivity index (χ2n) is 7.33. The highest BCUT2D eigenvalue weighted by molar-refractivity contribution is 8.00. The van der Waals surface area contributed by atoms with Crippen LogP contribution in [0.15, 0.2) is 47.5 Å². The zero-order valence-corrected chi connectivity index (χ0v) is 17.5. The fourth-order valence-electron chi connectivity index (χ4n) is 3.44. The molecule has 1 amide bonds. The van der Waals surface area contributed by atoms with Crippen molar-refractivity contribution in [3.05, 3.63) is 42.6 Å². The van der Waals surface area contributed by atoms with Crippen molar-refractivity contribution in [1.29, 1.82) is 0 Å². The molecular formula is C21H25N5O2S. The molecule has 152 valence electrons. The van der Waals surface area contributed by atoms with Crippen LogP contribution in [0.2, 0.25) is 0 Å². The predicted molar refractivity (Wildman–Crippen MR) is 116 cm³/mol. The molecule has 1 aromatic carbocycles. The molecule has 7 nitrogen and oxygen atoms in total. The minimum absolute atomic E-state index is 0.0507. The molecule has 1 N–H and O–H groups in total. The lowest BCUT2D eigenvalue weighted by molar-refractivity contribution is -0.130. The van der Waals surface area contributed by atoms with E-state index in [2.05, 4.69) is 21.2 Å². The first-order valence-corrected chi connectivity index (χ1v) is 10.7. The van der Waals surface area contributed by atoms with Crippen LogP contribution in [0.5, 0.6) is 5.88 Å². The van der Waals surface area contributed by atoms with E-state index in [4.69, 9.17) is 4.74 Å². The normalized spacial score (nSPS) is 16.8. The summed E-state index contributed by atoms with van der Waals surface area (Å²) in [6.07, 6.45) is 3.76. The van der Waals surface area contributed by atoms with Crippen molar-refractivity contribution in [3.8, 4) is 5.88 Å². The van der Waals surface area contributed by atoms with Gasteiger partial charge in [0.25, 0.3) is 0 Å². The van der Waals surface area contributed by atoms with Crippen LogP contribution >= 0.6 is 11.8 Å². The Labute approximate surface area is 174 Å². The number of carbonyl (C=O) groups excluding carboxylic acids is 1. The van der Waals surface area contributed by atoms with Gasteiger partial charge in [0, 0.05) is 48.7 Å². The number of piperidine rings is 1. The number of amides is 1. The molecule has 3 heterocycles. The molecule has 1 saturated heterocycles. The summed E-state index contributed by atoms with van der Waals surface area (Å²) in [5, 5.41) is 9.44. The van der Waals surface area contributed by atoms with E-state index in [1.807, 2.05) is 60.4 Å². The highest BCUT2D eigenvalue weighted by atomic mass is 32.2. The van der Waals surface area contributed by atoms with Gasteiger partial charge >= 0.3 is 0 Å². The molecule has 1 unspecified atom stereocenters. The Morgan fingerprint density at radius 2 is 2.14 bits per heavy atom. The molecule has 1 aliphatic heterocycles. The molecule has 0 spiro atoms. The number of aromatic amines is 1. The first-order valence-electron chi connectivity index (χ1n) is 9.74. The fourth-order valence-corrected chi connectivity index (χ4v) is 4.38. The second-order valence-corrected chi connectivity index (χ2v) is 8.35. The van der Waals surface area contributed by atoms with E-state index in [9.17, 15) is 4.79 Å². The first kappa shape index (κ1) is 19.6. The number of nitrogens with zero attached hydrogens (tertiary/aromatic N) is 4. The Bertz CT molecular complexity index is 973. The summed E-state index contributed by atoms with van der Waals surface area (Å²) in [7, 11) is 3.84. The molecule has 8 heteroatoms. The number of H-pyrrole nitrogens is 1. The second kappa shape index (κ2) is 8.73. The average Bonchev–Trinajstić information content (AvgIpc) is 3.16. The van der Waals surface area contributed by atoms with Crippen molar-refractivity contribution in [2.45, 2.75) is 23.8 Å². The van der Waals surface area contributed by atoms with E-state index in [1.54, 1.807) is 11.8 Å². The van der Waals surface area contributed by atoms with E-state index in [-0.39, 0.29) is 12.0 Å². The summed E-state index contributed by atoms with van der Waals surface area (Å²) in [4.78, 5) is 20.9. The molecular weight excluding hydrogens is 386 g/mol. The lowest BCUT2D eigenvalue weighted by atomic mass is 10.1. The van der Waals surface area contributed by atoms with E-state index >= 15 is 0 Å². The Morgan fingerprint density at radius 3 is 2.93 bits per heavy atom. The van der Waals surface area contributed by atoms with Crippen molar-refractivity contribution in [1.82, 2.24) is 20.1 Å². The van der Waals surface area contributed by atoms with Gasteiger partial charge in [-0.1, -0.05) is 18.2 Å². The molecule has 3 aromatic rings. The van der Waals surface area contributed by atoms with E-state index in [0.717, 1.165) is 41.0 Å². The molecule has 4 rings (SSSR count). The van der Waals surface area contributed by atoms with Crippen molar-refractivity contribution >= 4 is 34.4 Å². The molecule has 1 fully saturated rings. The summed E-state index contributed by atoms with van der Waals surface area (Å²) in [5.74, 6) is 1.85. The van der Waals surface area contributed by atoms with Gasteiger partial charge in [-0.15, -0.1) is 22.0 Å². The molecule has 29 heavy (non-hydrogen) atoms. The topological polar surface area (TPSA) is 74.3 Å². The van der Waals surface area contributed by atoms with Gasteiger partial charge in [-0.25, -0.2) is 0 Å². The quantitative estimate of drug-likeness (QED) is 0.628. The van der Waals surface area contributed by atoms with Crippen LogP contribution in [0.1, 0.15) is 12.8 Å². The van der Waals surface area contributed by atoms with Crippen LogP contribution < -0.4 is 9.64 Å². The molecule has 2 aromatic heterocycles. The van der Waals surface area contributed by atoms with Crippen molar-refractivity contribution < 1.29 is 9.53 Å². The van der Waals surface area contributed by atoms with Crippen LogP contribution in [0.25, 0.3) is 10.9 Å². The number of para-hydroxylation sites is 1. The number of hydrogen-bond donors (Lipinski definition) is 1. The summed E-state index contributed by atoms with van der Waals surface area (Å²) >= 11 is 1.58. The maximum absolute atomic E-state index is 12.8. The van der Waals surface area contributed by atoms with Crippen LogP contribution in [-0.4, -0.2) is 65.0 Å². The van der Waals surface area contributed by atoms with Gasteiger partial charge in [-0.3, -0.25) is 4.79 Å². The number of hydrogen-bond acceptors (Lipinski definition) is 6. The standard InChI is InChI=1S/C21H25N5O2S/c1-25(2)19-9-10-20(24-23-19)28-15-6-5-11-26(13-15)21(27)14-29-18-12-22-17-8-4-3-7-16(17)18/h3-4,7-10,12,15,22H,5-6,11,13-14H2,1-2H3. The maximum atomic E-state index is 12.8. The number of fused-ring (bicyclic) bond motifs is 1. The van der Waals surface area contributed by atoms with Gasteiger partial charge in [-0.2, -0.15) is 0 Å². The minimum atomic E-state index is -0.0507. The fraction of sp³-hybridized carbons (Fsp3) is 0.381. The average molecular weight is 412 g/mol. The number of thioether (sulfide) groups is 1. The zero-order valence-electron chi connectivity index (χ0n) is 16.7.